The van der Waals surface area contributed by atoms with E-state index in [0.717, 1.165) is 0 Å². The molecular formula is C22H30O7. The number of rotatable bonds is 12. The molecule has 1 aliphatic rings. The molecule has 1 aromatic rings. The van der Waals surface area contributed by atoms with Crippen LogP contribution in [-0.4, -0.2) is 57.1 Å². The van der Waals surface area contributed by atoms with Gasteiger partial charge in [-0.05, 0) is 25.0 Å². The molecule has 0 amide bonds. The van der Waals surface area contributed by atoms with Gasteiger partial charge in [0.1, 0.15) is 24.2 Å². The van der Waals surface area contributed by atoms with Gasteiger partial charge in [-0.1, -0.05) is 30.4 Å². The van der Waals surface area contributed by atoms with Crippen molar-refractivity contribution >= 4 is 11.8 Å². The summed E-state index contributed by atoms with van der Waals surface area (Å²) in [7, 11) is 0. The fourth-order valence-corrected chi connectivity index (χ4v) is 3.64. The maximum Gasteiger partial charge on any atom is 0.303 e. The van der Waals surface area contributed by atoms with E-state index in [4.69, 9.17) is 9.84 Å². The largest absolute Gasteiger partial charge is 0.491 e. The third-order valence-electron chi connectivity index (χ3n) is 5.19. The number of unbranched alkanes of at least 4 members (excludes halogenated alkanes) is 1. The van der Waals surface area contributed by atoms with Gasteiger partial charge < -0.3 is 25.2 Å². The summed E-state index contributed by atoms with van der Waals surface area (Å²) in [6.45, 7) is 0.0546. The molecule has 160 valence electrons. The molecular weight excluding hydrogens is 376 g/mol. The first-order chi connectivity index (χ1) is 13.9. The molecule has 5 atom stereocenters. The third kappa shape index (κ3) is 7.97. The fraction of sp³-hybridized carbons (Fsp3) is 0.545. The average molecular weight is 406 g/mol. The number of carboxylic acids is 1. The van der Waals surface area contributed by atoms with E-state index in [-0.39, 0.29) is 38.1 Å². The van der Waals surface area contributed by atoms with Gasteiger partial charge in [0.2, 0.25) is 0 Å². The number of aliphatic hydroxyl groups is 3. The predicted octanol–water partition coefficient (Wildman–Crippen LogP) is 1.94. The number of aliphatic carboxylic acids is 1. The van der Waals surface area contributed by atoms with Crippen LogP contribution in [0.2, 0.25) is 0 Å². The number of hydrogen-bond acceptors (Lipinski definition) is 6. The lowest BCUT2D eigenvalue weighted by atomic mass is 9.87. The average Bonchev–Trinajstić information content (AvgIpc) is 2.95. The van der Waals surface area contributed by atoms with Crippen LogP contribution in [0.1, 0.15) is 38.5 Å². The number of hydrogen-bond donors (Lipinski definition) is 4. The van der Waals surface area contributed by atoms with Crippen molar-refractivity contribution < 1.29 is 34.8 Å². The molecule has 2 rings (SSSR count). The SMILES string of the molecule is O=C(O)CCCCC(=O)C[C@@H]1[C@@H](C=C[C@@H](O)COc2ccccc2)[C@H](O)C[C@@H]1O. The van der Waals surface area contributed by atoms with E-state index in [1.165, 1.54) is 6.08 Å². The standard InChI is InChI=1S/C22H30O7/c23-15(6-4-5-9-22(27)28)12-19-18(20(25)13-21(19)26)11-10-16(24)14-29-17-7-2-1-3-8-17/h1-3,7-8,10-11,16,18-21,24-26H,4-6,9,12-14H2,(H,27,28)/t16-,18-,19-,20-,21+/m1/s1. The Kier molecular flexibility index (Phi) is 9.31. The number of benzene rings is 1. The van der Waals surface area contributed by atoms with Gasteiger partial charge in [0, 0.05) is 37.5 Å². The molecule has 0 saturated heterocycles. The van der Waals surface area contributed by atoms with Crippen LogP contribution in [-0.2, 0) is 9.59 Å². The fourth-order valence-electron chi connectivity index (χ4n) is 3.64. The van der Waals surface area contributed by atoms with Gasteiger partial charge in [0.05, 0.1) is 12.2 Å². The summed E-state index contributed by atoms with van der Waals surface area (Å²) in [5, 5.41) is 39.2. The van der Waals surface area contributed by atoms with Gasteiger partial charge >= 0.3 is 5.97 Å². The van der Waals surface area contributed by atoms with Crippen molar-refractivity contribution in [3.63, 3.8) is 0 Å². The lowest BCUT2D eigenvalue weighted by Gasteiger charge is -2.20. The van der Waals surface area contributed by atoms with Gasteiger partial charge in [-0.2, -0.15) is 0 Å². The molecule has 1 fully saturated rings. The Hall–Kier alpha value is -2.22. The highest BCUT2D eigenvalue weighted by atomic mass is 16.5. The minimum absolute atomic E-state index is 0.0341. The highest BCUT2D eigenvalue weighted by Gasteiger charge is 2.41. The van der Waals surface area contributed by atoms with Crippen LogP contribution < -0.4 is 4.74 Å². The summed E-state index contributed by atoms with van der Waals surface area (Å²) in [5.74, 6) is -1.15. The van der Waals surface area contributed by atoms with Gasteiger partial charge in [-0.15, -0.1) is 0 Å². The zero-order valence-corrected chi connectivity index (χ0v) is 16.4. The molecule has 0 aromatic heterocycles. The number of Topliss-reactive ketones (excluding diaryl/α,β-unsaturated/α-hetero) is 1. The Morgan fingerprint density at radius 3 is 2.48 bits per heavy atom. The number of ether oxygens (including phenoxy) is 1. The molecule has 0 spiro atoms. The van der Waals surface area contributed by atoms with Crippen LogP contribution in [0.4, 0.5) is 0 Å². The summed E-state index contributed by atoms with van der Waals surface area (Å²) in [4.78, 5) is 22.7. The summed E-state index contributed by atoms with van der Waals surface area (Å²) in [6.07, 6.45) is 2.26. The second-order valence-electron chi connectivity index (χ2n) is 7.53. The molecule has 7 nitrogen and oxygen atoms in total. The van der Waals surface area contributed by atoms with Crippen molar-refractivity contribution in [2.24, 2.45) is 11.8 Å². The Morgan fingerprint density at radius 1 is 1.10 bits per heavy atom. The normalized spacial score (nSPS) is 25.2. The van der Waals surface area contributed by atoms with Gasteiger partial charge in [0.15, 0.2) is 0 Å². The Balaban J connectivity index is 1.83. The number of carbonyl (C=O) groups is 2. The van der Waals surface area contributed by atoms with Crippen LogP contribution in [0.3, 0.4) is 0 Å². The molecule has 29 heavy (non-hydrogen) atoms. The second kappa shape index (κ2) is 11.7. The Bertz CT molecular complexity index is 673. The Labute approximate surface area is 170 Å². The first kappa shape index (κ1) is 23.1. The first-order valence-corrected chi connectivity index (χ1v) is 10.0. The highest BCUT2D eigenvalue weighted by Crippen LogP contribution is 2.36. The van der Waals surface area contributed by atoms with Crippen LogP contribution in [0.15, 0.2) is 42.5 Å². The summed E-state index contributed by atoms with van der Waals surface area (Å²) < 4.78 is 5.49. The zero-order chi connectivity index (χ0) is 21.2. The lowest BCUT2D eigenvalue weighted by Crippen LogP contribution is -2.24. The smallest absolute Gasteiger partial charge is 0.303 e. The molecule has 1 saturated carbocycles. The van der Waals surface area contributed by atoms with Crippen LogP contribution in [0.5, 0.6) is 5.75 Å². The minimum Gasteiger partial charge on any atom is -0.491 e. The van der Waals surface area contributed by atoms with E-state index in [0.29, 0.717) is 18.6 Å². The molecule has 4 N–H and O–H groups in total. The van der Waals surface area contributed by atoms with E-state index in [1.54, 1.807) is 18.2 Å². The van der Waals surface area contributed by atoms with E-state index in [1.807, 2.05) is 18.2 Å². The van der Waals surface area contributed by atoms with Crippen molar-refractivity contribution in [3.05, 3.63) is 42.5 Å². The Morgan fingerprint density at radius 2 is 1.79 bits per heavy atom. The topological polar surface area (TPSA) is 124 Å². The number of aliphatic hydroxyl groups excluding tert-OH is 3. The molecule has 7 heteroatoms. The third-order valence-corrected chi connectivity index (χ3v) is 5.19. The number of carboxylic acid groups (broad SMARTS) is 1. The van der Waals surface area contributed by atoms with Crippen molar-refractivity contribution in [3.8, 4) is 5.75 Å². The second-order valence-corrected chi connectivity index (χ2v) is 7.53. The van der Waals surface area contributed by atoms with E-state index < -0.39 is 36.1 Å². The summed E-state index contributed by atoms with van der Waals surface area (Å²) in [5.41, 5.74) is 0. The lowest BCUT2D eigenvalue weighted by molar-refractivity contribution is -0.137. The molecule has 0 bridgehead atoms. The van der Waals surface area contributed by atoms with Gasteiger partial charge in [-0.3, -0.25) is 9.59 Å². The monoisotopic (exact) mass is 406 g/mol. The number of carbonyl (C=O) groups excluding carboxylic acids is 1. The zero-order valence-electron chi connectivity index (χ0n) is 16.4. The molecule has 0 aliphatic heterocycles. The van der Waals surface area contributed by atoms with Crippen LogP contribution >= 0.6 is 0 Å². The number of ketones is 1. The molecule has 0 radical (unpaired) electrons. The van der Waals surface area contributed by atoms with E-state index >= 15 is 0 Å². The molecule has 1 aliphatic carbocycles. The first-order valence-electron chi connectivity index (χ1n) is 10.0. The maximum absolute atomic E-state index is 12.2. The maximum atomic E-state index is 12.2. The summed E-state index contributed by atoms with van der Waals surface area (Å²) >= 11 is 0. The molecule has 0 heterocycles. The number of para-hydroxylation sites is 1. The van der Waals surface area contributed by atoms with Crippen molar-refractivity contribution in [1.29, 1.82) is 0 Å². The quantitative estimate of drug-likeness (QED) is 0.309. The highest BCUT2D eigenvalue weighted by molar-refractivity contribution is 5.78. The predicted molar refractivity (Wildman–Crippen MR) is 106 cm³/mol. The minimum atomic E-state index is -0.883. The summed E-state index contributed by atoms with van der Waals surface area (Å²) in [6, 6.07) is 9.09. The van der Waals surface area contributed by atoms with Crippen molar-refractivity contribution in [2.45, 2.75) is 56.8 Å². The molecule has 1 aromatic carbocycles. The molecule has 0 unspecified atom stereocenters. The van der Waals surface area contributed by atoms with Crippen molar-refractivity contribution in [2.75, 3.05) is 6.61 Å². The van der Waals surface area contributed by atoms with Crippen molar-refractivity contribution in [1.82, 2.24) is 0 Å². The van der Waals surface area contributed by atoms with E-state index in [2.05, 4.69) is 0 Å². The van der Waals surface area contributed by atoms with E-state index in [9.17, 15) is 24.9 Å². The van der Waals surface area contributed by atoms with Gasteiger partial charge in [-0.25, -0.2) is 0 Å². The van der Waals surface area contributed by atoms with Gasteiger partial charge in [0.25, 0.3) is 0 Å². The van der Waals surface area contributed by atoms with Crippen LogP contribution in [0.25, 0.3) is 0 Å². The van der Waals surface area contributed by atoms with Crippen LogP contribution in [0, 0.1) is 11.8 Å².